The van der Waals surface area contributed by atoms with Crippen LogP contribution in [0.3, 0.4) is 0 Å². The molecule has 0 spiro atoms. The van der Waals surface area contributed by atoms with Gasteiger partial charge >= 0.3 is 0 Å². The minimum Gasteiger partial charge on any atom is -0.393 e. The number of aliphatic hydroxyl groups excluding tert-OH is 1. The highest BCUT2D eigenvalue weighted by Crippen LogP contribution is 2.31. The van der Waals surface area contributed by atoms with E-state index in [9.17, 15) is 5.11 Å². The Morgan fingerprint density at radius 1 is 1.00 bits per heavy atom. The monoisotopic (exact) mass is 238 g/mol. The van der Waals surface area contributed by atoms with Crippen LogP contribution in [0.15, 0.2) is 0 Å². The minimum absolute atomic E-state index is 0.0233. The summed E-state index contributed by atoms with van der Waals surface area (Å²) in [5, 5.41) is 13.2. The maximum absolute atomic E-state index is 9.47. The van der Waals surface area contributed by atoms with Crippen molar-refractivity contribution < 1.29 is 5.11 Å². The van der Waals surface area contributed by atoms with Crippen LogP contribution in [0, 0.1) is 5.92 Å². The molecule has 1 unspecified atom stereocenters. The topological polar surface area (TPSA) is 35.5 Å². The van der Waals surface area contributed by atoms with E-state index in [1.165, 1.54) is 51.7 Å². The van der Waals surface area contributed by atoms with Gasteiger partial charge in [-0.1, -0.05) is 0 Å². The molecule has 1 heterocycles. The Hall–Kier alpha value is -0.120. The summed E-state index contributed by atoms with van der Waals surface area (Å²) in [6.45, 7) is 3.86. The van der Waals surface area contributed by atoms with E-state index in [0.29, 0.717) is 6.04 Å². The summed E-state index contributed by atoms with van der Waals surface area (Å²) in [4.78, 5) is 2.69. The quantitative estimate of drug-likeness (QED) is 0.776. The number of likely N-dealkylation sites (tertiary alicyclic amines) is 1. The van der Waals surface area contributed by atoms with Crippen LogP contribution in [0.25, 0.3) is 0 Å². The van der Waals surface area contributed by atoms with E-state index in [0.717, 1.165) is 24.8 Å². The molecule has 0 amide bonds. The summed E-state index contributed by atoms with van der Waals surface area (Å²) in [6, 6.07) is 1.62. The first kappa shape index (κ1) is 11.9. The molecule has 17 heavy (non-hydrogen) atoms. The summed E-state index contributed by atoms with van der Waals surface area (Å²) in [7, 11) is 0. The van der Waals surface area contributed by atoms with E-state index >= 15 is 0 Å². The Labute approximate surface area is 105 Å². The van der Waals surface area contributed by atoms with Gasteiger partial charge in [0.2, 0.25) is 0 Å². The Bertz CT molecular complexity index is 247. The molecule has 2 aliphatic carbocycles. The number of nitrogens with zero attached hydrogens (tertiary/aromatic N) is 1. The fourth-order valence-electron chi connectivity index (χ4n) is 3.41. The predicted molar refractivity (Wildman–Crippen MR) is 69.0 cm³/mol. The van der Waals surface area contributed by atoms with Crippen molar-refractivity contribution >= 4 is 0 Å². The lowest BCUT2D eigenvalue weighted by molar-refractivity contribution is 0.116. The van der Waals surface area contributed by atoms with Crippen LogP contribution in [-0.4, -0.2) is 47.8 Å². The Balaban J connectivity index is 1.34. The molecule has 1 atom stereocenters. The van der Waals surface area contributed by atoms with Gasteiger partial charge in [0, 0.05) is 18.6 Å². The van der Waals surface area contributed by atoms with E-state index < -0.39 is 0 Å². The number of hydrogen-bond acceptors (Lipinski definition) is 3. The van der Waals surface area contributed by atoms with Gasteiger partial charge in [-0.25, -0.2) is 0 Å². The fourth-order valence-corrected chi connectivity index (χ4v) is 3.41. The smallest absolute Gasteiger partial charge is 0.0541 e. The zero-order valence-electron chi connectivity index (χ0n) is 10.8. The molecule has 0 aromatic rings. The molecule has 3 heteroatoms. The van der Waals surface area contributed by atoms with Gasteiger partial charge in [0.1, 0.15) is 0 Å². The highest BCUT2D eigenvalue weighted by molar-refractivity contribution is 4.90. The molecule has 3 nitrogen and oxygen atoms in total. The maximum Gasteiger partial charge on any atom is 0.0541 e. The van der Waals surface area contributed by atoms with Gasteiger partial charge in [-0.05, 0) is 64.0 Å². The molecule has 1 saturated heterocycles. The normalized spacial score (nSPS) is 39.7. The summed E-state index contributed by atoms with van der Waals surface area (Å²) < 4.78 is 0. The second-order valence-corrected chi connectivity index (χ2v) is 6.29. The summed E-state index contributed by atoms with van der Waals surface area (Å²) >= 11 is 0. The maximum atomic E-state index is 9.47. The average Bonchev–Trinajstić information content (AvgIpc) is 3.09. The highest BCUT2D eigenvalue weighted by atomic mass is 16.3. The van der Waals surface area contributed by atoms with Crippen LogP contribution < -0.4 is 5.32 Å². The van der Waals surface area contributed by atoms with Crippen molar-refractivity contribution in [1.82, 2.24) is 10.2 Å². The zero-order valence-corrected chi connectivity index (χ0v) is 10.8. The van der Waals surface area contributed by atoms with E-state index in [2.05, 4.69) is 10.2 Å². The van der Waals surface area contributed by atoms with Crippen molar-refractivity contribution in [2.24, 2.45) is 5.92 Å². The van der Waals surface area contributed by atoms with Crippen LogP contribution in [0.2, 0.25) is 0 Å². The lowest BCUT2D eigenvalue weighted by Gasteiger charge is -2.27. The number of nitrogens with one attached hydrogen (secondary N) is 1. The first-order valence-electron chi connectivity index (χ1n) is 7.47. The van der Waals surface area contributed by atoms with Crippen LogP contribution in [-0.2, 0) is 0 Å². The first-order valence-corrected chi connectivity index (χ1v) is 7.47. The molecular formula is C14H26N2O. The van der Waals surface area contributed by atoms with Crippen molar-refractivity contribution in [3.8, 4) is 0 Å². The standard InChI is InChI=1S/C14H26N2O/c17-14-5-1-12(2-6-14)15-9-11-7-8-16(10-11)13-3-4-13/h11-15,17H,1-10H2. The van der Waals surface area contributed by atoms with Crippen molar-refractivity contribution in [1.29, 1.82) is 0 Å². The van der Waals surface area contributed by atoms with Gasteiger partial charge in [-0.15, -0.1) is 0 Å². The zero-order chi connectivity index (χ0) is 11.7. The van der Waals surface area contributed by atoms with Gasteiger partial charge in [0.15, 0.2) is 0 Å². The number of rotatable bonds is 4. The predicted octanol–water partition coefficient (Wildman–Crippen LogP) is 1.36. The molecule has 0 aromatic heterocycles. The molecule has 0 radical (unpaired) electrons. The van der Waals surface area contributed by atoms with Crippen molar-refractivity contribution in [2.75, 3.05) is 19.6 Å². The molecule has 3 fully saturated rings. The van der Waals surface area contributed by atoms with Gasteiger partial charge < -0.3 is 15.3 Å². The second-order valence-electron chi connectivity index (χ2n) is 6.29. The summed E-state index contributed by atoms with van der Waals surface area (Å²) in [6.07, 6.45) is 8.58. The third-order valence-electron chi connectivity index (χ3n) is 4.77. The molecule has 0 bridgehead atoms. The summed E-state index contributed by atoms with van der Waals surface area (Å²) in [5.41, 5.74) is 0. The second kappa shape index (κ2) is 5.25. The molecule has 2 saturated carbocycles. The SMILES string of the molecule is OC1CCC(NCC2CCN(C3CC3)C2)CC1. The lowest BCUT2D eigenvalue weighted by atomic mass is 9.93. The van der Waals surface area contributed by atoms with E-state index in [1.807, 2.05) is 0 Å². The third kappa shape index (κ3) is 3.21. The van der Waals surface area contributed by atoms with E-state index in [4.69, 9.17) is 0 Å². The molecule has 3 aliphatic rings. The lowest BCUT2D eigenvalue weighted by Crippen LogP contribution is -2.38. The van der Waals surface area contributed by atoms with Gasteiger partial charge in [-0.3, -0.25) is 0 Å². The van der Waals surface area contributed by atoms with E-state index in [-0.39, 0.29) is 6.10 Å². The molecule has 98 valence electrons. The molecule has 2 N–H and O–H groups in total. The van der Waals surface area contributed by atoms with Crippen molar-refractivity contribution in [2.45, 2.75) is 63.1 Å². The first-order chi connectivity index (χ1) is 8.31. The van der Waals surface area contributed by atoms with Crippen LogP contribution in [0.5, 0.6) is 0 Å². The van der Waals surface area contributed by atoms with Gasteiger partial charge in [0.25, 0.3) is 0 Å². The molecular weight excluding hydrogens is 212 g/mol. The largest absolute Gasteiger partial charge is 0.393 e. The number of hydrogen-bond donors (Lipinski definition) is 2. The minimum atomic E-state index is -0.0233. The molecule has 1 aliphatic heterocycles. The molecule has 3 rings (SSSR count). The highest BCUT2D eigenvalue weighted by Gasteiger charge is 2.34. The van der Waals surface area contributed by atoms with Crippen LogP contribution in [0.4, 0.5) is 0 Å². The van der Waals surface area contributed by atoms with Crippen molar-refractivity contribution in [3.63, 3.8) is 0 Å². The van der Waals surface area contributed by atoms with Crippen molar-refractivity contribution in [3.05, 3.63) is 0 Å². The third-order valence-corrected chi connectivity index (χ3v) is 4.77. The Kier molecular flexibility index (Phi) is 3.69. The van der Waals surface area contributed by atoms with Crippen LogP contribution >= 0.6 is 0 Å². The average molecular weight is 238 g/mol. The fraction of sp³-hybridized carbons (Fsp3) is 1.00. The molecule has 0 aromatic carbocycles. The number of aliphatic hydroxyl groups is 1. The van der Waals surface area contributed by atoms with E-state index in [1.54, 1.807) is 0 Å². The van der Waals surface area contributed by atoms with Gasteiger partial charge in [-0.2, -0.15) is 0 Å². The Morgan fingerprint density at radius 2 is 1.76 bits per heavy atom. The van der Waals surface area contributed by atoms with Crippen LogP contribution in [0.1, 0.15) is 44.9 Å². The Morgan fingerprint density at radius 3 is 2.47 bits per heavy atom. The van der Waals surface area contributed by atoms with Gasteiger partial charge in [0.05, 0.1) is 6.10 Å². The summed E-state index contributed by atoms with van der Waals surface area (Å²) in [5.74, 6) is 0.877.